The van der Waals surface area contributed by atoms with Gasteiger partial charge in [-0.1, -0.05) is 24.5 Å². The summed E-state index contributed by atoms with van der Waals surface area (Å²) in [6.07, 6.45) is -9.61. The summed E-state index contributed by atoms with van der Waals surface area (Å²) >= 11 is 7.95. The van der Waals surface area contributed by atoms with E-state index in [-0.39, 0.29) is 34.0 Å². The summed E-state index contributed by atoms with van der Waals surface area (Å²) in [5, 5.41) is 0. The predicted molar refractivity (Wildman–Crippen MR) is 157 cm³/mol. The molecule has 4 aromatic heterocycles. The SMILES string of the molecule is Nc1nc2c(ncn2[C@@H]2O[C@@H]3CO[P@@](=O)(S)O[C@H]4[C@H](F)[C@H](n5cnc6c(N)ccnc65)O[C@@H]4CO[P@](=O)(S)O[C@@H]2[C@@H]3F)c(=O)[nH]1. The molecule has 45 heavy (non-hydrogen) atoms. The zero-order valence-corrected chi connectivity index (χ0v) is 26.0. The van der Waals surface area contributed by atoms with E-state index in [2.05, 4.69) is 49.4 Å². The van der Waals surface area contributed by atoms with E-state index in [1.54, 1.807) is 0 Å². The number of H-pyrrole nitrogens is 1. The molecule has 3 aliphatic heterocycles. The van der Waals surface area contributed by atoms with Crippen LogP contribution in [0.2, 0.25) is 0 Å². The van der Waals surface area contributed by atoms with Crippen molar-refractivity contribution >= 4 is 72.1 Å². The van der Waals surface area contributed by atoms with Crippen molar-refractivity contribution in [3.05, 3.63) is 35.3 Å². The van der Waals surface area contributed by atoms with Crippen LogP contribution in [0.3, 0.4) is 0 Å². The van der Waals surface area contributed by atoms with Crippen molar-refractivity contribution in [2.24, 2.45) is 0 Å². The highest BCUT2D eigenvalue weighted by Gasteiger charge is 2.54. The Kier molecular flexibility index (Phi) is 7.75. The molecule has 0 aliphatic carbocycles. The molecular weight excluding hydrogens is 686 g/mol. The van der Waals surface area contributed by atoms with E-state index in [0.717, 1.165) is 10.9 Å². The smallest absolute Gasteiger partial charge is 0.386 e. The van der Waals surface area contributed by atoms with Gasteiger partial charge in [-0.15, -0.1) is 0 Å². The number of aromatic nitrogens is 7. The first-order chi connectivity index (χ1) is 21.3. The maximum atomic E-state index is 16.0. The van der Waals surface area contributed by atoms with Gasteiger partial charge in [-0.25, -0.2) is 32.9 Å². The Morgan fingerprint density at radius 3 is 2.22 bits per heavy atom. The number of imidazole rings is 2. The Morgan fingerprint density at radius 1 is 0.867 bits per heavy atom. The molecule has 3 saturated heterocycles. The summed E-state index contributed by atoms with van der Waals surface area (Å²) < 4.78 is 94.3. The summed E-state index contributed by atoms with van der Waals surface area (Å²) in [7, 11) is 0. The first-order valence-corrected chi connectivity index (χ1v) is 18.4. The summed E-state index contributed by atoms with van der Waals surface area (Å²) in [6.45, 7) is -10.4. The summed E-state index contributed by atoms with van der Waals surface area (Å²) in [4.78, 5) is 30.9. The monoisotopic (exact) mass is 709 g/mol. The molecule has 7 heterocycles. The molecule has 3 fully saturated rings. The standard InChI is InChI=1S/C21H23F2N9O9P2S2/c22-10-8-3-36-42(34,44)40-14-9(39-19(11(14)23)31-5-27-12-7(24)1-2-26-16(12)31)4-37-43(35,45)41-15(10)20(38-8)32-6-28-13-17(32)29-21(25)30-18(13)33/h1-2,5-6,8-11,14-15,19-20H,3-4H2,(H2,24,26)(H,34,44)(H,35,45)(H3,25,29,30,33)/t8-,9-,10-,11+,14-,15-,19-,20-,42-,43+/m1/s1. The lowest BCUT2D eigenvalue weighted by Gasteiger charge is -2.26. The largest absolute Gasteiger partial charge is 0.397 e. The van der Waals surface area contributed by atoms with Crippen LogP contribution in [0.4, 0.5) is 20.4 Å². The average Bonchev–Trinajstić information content (AvgIpc) is 3.72. The van der Waals surface area contributed by atoms with Crippen molar-refractivity contribution in [1.82, 2.24) is 34.1 Å². The highest BCUT2D eigenvalue weighted by Crippen LogP contribution is 2.60. The number of alkyl halides is 2. The van der Waals surface area contributed by atoms with Crippen LogP contribution in [0.1, 0.15) is 12.5 Å². The van der Waals surface area contributed by atoms with Gasteiger partial charge in [-0.05, 0) is 6.07 Å². The second-order valence-electron chi connectivity index (χ2n) is 10.2. The van der Waals surface area contributed by atoms with Gasteiger partial charge in [0.05, 0.1) is 31.6 Å². The van der Waals surface area contributed by atoms with E-state index >= 15 is 8.78 Å². The van der Waals surface area contributed by atoms with Crippen molar-refractivity contribution in [2.45, 2.75) is 49.2 Å². The third-order valence-corrected chi connectivity index (χ3v) is 10.6. The molecule has 4 aromatic rings. The number of hydrogen-bond acceptors (Lipinski definition) is 15. The second kappa shape index (κ2) is 11.3. The Labute approximate surface area is 260 Å². The first kappa shape index (κ1) is 31.0. The number of hydrogen-bond donors (Lipinski definition) is 5. The number of thiol groups is 2. The molecule has 0 aromatic carbocycles. The fraction of sp³-hybridized carbons (Fsp3) is 0.476. The van der Waals surface area contributed by atoms with Gasteiger partial charge in [0, 0.05) is 6.20 Å². The lowest BCUT2D eigenvalue weighted by Crippen LogP contribution is -2.33. The molecule has 0 saturated carbocycles. The number of nitrogens with zero attached hydrogens (tertiary/aromatic N) is 6. The van der Waals surface area contributed by atoms with Gasteiger partial charge in [-0.3, -0.25) is 37.0 Å². The van der Waals surface area contributed by atoms with Crippen LogP contribution in [-0.2, 0) is 36.7 Å². The zero-order valence-electron chi connectivity index (χ0n) is 22.4. The Hall–Kier alpha value is -2.65. The topological polar surface area (TPSA) is 236 Å². The molecule has 0 amide bonds. The van der Waals surface area contributed by atoms with Crippen LogP contribution in [0.25, 0.3) is 22.3 Å². The number of nitrogen functional groups attached to an aromatic ring is 2. The fourth-order valence-corrected chi connectivity index (χ4v) is 8.25. The van der Waals surface area contributed by atoms with Crippen LogP contribution >= 0.6 is 38.1 Å². The maximum absolute atomic E-state index is 16.0. The number of ether oxygens (including phenoxy) is 2. The third kappa shape index (κ3) is 5.56. The molecule has 7 rings (SSSR count). The molecule has 0 radical (unpaired) electrons. The molecular formula is C21H23F2N9O9P2S2. The maximum Gasteiger partial charge on any atom is 0.386 e. The molecule has 2 bridgehead atoms. The van der Waals surface area contributed by atoms with Crippen molar-refractivity contribution in [3.8, 4) is 0 Å². The van der Waals surface area contributed by atoms with Gasteiger partial charge in [0.25, 0.3) is 5.56 Å². The third-order valence-electron chi connectivity index (χ3n) is 7.34. The summed E-state index contributed by atoms with van der Waals surface area (Å²) in [6, 6.07) is 1.51. The van der Waals surface area contributed by atoms with Crippen molar-refractivity contribution in [2.75, 3.05) is 24.7 Å². The van der Waals surface area contributed by atoms with Crippen LogP contribution in [0.5, 0.6) is 0 Å². The van der Waals surface area contributed by atoms with Gasteiger partial charge in [0.1, 0.15) is 29.9 Å². The van der Waals surface area contributed by atoms with Crippen molar-refractivity contribution in [1.29, 1.82) is 0 Å². The Morgan fingerprint density at radius 2 is 1.49 bits per heavy atom. The van der Waals surface area contributed by atoms with Crippen LogP contribution in [0.15, 0.2) is 29.7 Å². The predicted octanol–water partition coefficient (Wildman–Crippen LogP) is 2.09. The molecule has 0 spiro atoms. The molecule has 24 heteroatoms. The second-order valence-corrected chi connectivity index (χ2v) is 15.9. The number of aromatic amines is 1. The molecule has 3 aliphatic rings. The Bertz CT molecular complexity index is 1950. The molecule has 0 unspecified atom stereocenters. The highest BCUT2D eigenvalue weighted by molar-refractivity contribution is 8.44. The highest BCUT2D eigenvalue weighted by atomic mass is 32.7. The first-order valence-electron chi connectivity index (χ1n) is 13.0. The normalized spacial score (nSPS) is 37.7. The van der Waals surface area contributed by atoms with Gasteiger partial charge in [0.2, 0.25) is 5.95 Å². The lowest BCUT2D eigenvalue weighted by molar-refractivity contribution is -0.0563. The molecule has 10 atom stereocenters. The van der Waals surface area contributed by atoms with E-state index in [9.17, 15) is 13.9 Å². The minimum Gasteiger partial charge on any atom is -0.397 e. The minimum absolute atomic E-state index is 0.103. The number of anilines is 2. The summed E-state index contributed by atoms with van der Waals surface area (Å²) in [5.41, 5.74) is 11.4. The van der Waals surface area contributed by atoms with E-state index in [1.807, 2.05) is 0 Å². The van der Waals surface area contributed by atoms with E-state index in [0.29, 0.717) is 0 Å². The summed E-state index contributed by atoms with van der Waals surface area (Å²) in [5.74, 6) is -0.265. The van der Waals surface area contributed by atoms with Crippen molar-refractivity contribution < 1.29 is 45.5 Å². The van der Waals surface area contributed by atoms with Gasteiger partial charge < -0.3 is 20.9 Å². The Balaban J connectivity index is 1.21. The van der Waals surface area contributed by atoms with Gasteiger partial charge in [-0.2, -0.15) is 4.98 Å². The van der Waals surface area contributed by atoms with Crippen molar-refractivity contribution in [3.63, 3.8) is 0 Å². The molecule has 18 nitrogen and oxygen atoms in total. The van der Waals surface area contributed by atoms with E-state index in [1.165, 1.54) is 23.2 Å². The van der Waals surface area contributed by atoms with Gasteiger partial charge >= 0.3 is 13.6 Å². The number of rotatable bonds is 2. The quantitative estimate of drug-likeness (QED) is 0.148. The van der Waals surface area contributed by atoms with Crippen LogP contribution in [-0.4, -0.2) is 84.0 Å². The lowest BCUT2D eigenvalue weighted by atomic mass is 10.1. The fourth-order valence-electron chi connectivity index (χ4n) is 5.32. The zero-order chi connectivity index (χ0) is 31.8. The number of nitrogens with one attached hydrogen (secondary N) is 1. The molecule has 5 N–H and O–H groups in total. The number of pyridine rings is 1. The molecule has 242 valence electrons. The van der Waals surface area contributed by atoms with E-state index in [4.69, 9.17) is 39.0 Å². The minimum atomic E-state index is -4.49. The average molecular weight is 710 g/mol. The number of nitrogens with two attached hydrogens (primary N) is 2. The van der Waals surface area contributed by atoms with Crippen LogP contribution < -0.4 is 17.0 Å². The van der Waals surface area contributed by atoms with Gasteiger partial charge in [0.15, 0.2) is 41.6 Å². The van der Waals surface area contributed by atoms with E-state index < -0.39 is 81.6 Å². The van der Waals surface area contributed by atoms with Crippen LogP contribution in [0, 0.1) is 0 Å². The number of halogens is 2. The number of fused-ring (bicyclic) bond motifs is 5.